The predicted molar refractivity (Wildman–Crippen MR) is 102 cm³/mol. The molecule has 2 heterocycles. The zero-order chi connectivity index (χ0) is 18.4. The lowest BCUT2D eigenvalue weighted by atomic mass is 9.81. The Bertz CT molecular complexity index is 536. The van der Waals surface area contributed by atoms with Crippen molar-refractivity contribution in [3.63, 3.8) is 0 Å². The molecule has 0 aromatic carbocycles. The molecule has 140 valence electrons. The third kappa shape index (κ3) is 5.70. The summed E-state index contributed by atoms with van der Waals surface area (Å²) in [5.41, 5.74) is 1.41. The highest BCUT2D eigenvalue weighted by molar-refractivity contribution is 5.74. The van der Waals surface area contributed by atoms with Crippen LogP contribution in [0.4, 0.5) is 4.79 Å². The maximum absolute atomic E-state index is 12.2. The second-order valence-corrected chi connectivity index (χ2v) is 8.24. The number of urea groups is 1. The molecular weight excluding hydrogens is 312 g/mol. The van der Waals surface area contributed by atoms with E-state index in [9.17, 15) is 4.79 Å². The molecule has 0 bridgehead atoms. The van der Waals surface area contributed by atoms with Gasteiger partial charge in [0.25, 0.3) is 0 Å². The summed E-state index contributed by atoms with van der Waals surface area (Å²) in [7, 11) is 0. The summed E-state index contributed by atoms with van der Waals surface area (Å²) in [6, 6.07) is 4.79. The van der Waals surface area contributed by atoms with E-state index in [4.69, 9.17) is 0 Å². The van der Waals surface area contributed by atoms with Gasteiger partial charge in [0.05, 0.1) is 0 Å². The molecule has 1 fully saturated rings. The van der Waals surface area contributed by atoms with Crippen LogP contribution in [0.2, 0.25) is 0 Å². The molecule has 1 unspecified atom stereocenters. The van der Waals surface area contributed by atoms with Crippen LogP contribution in [0, 0.1) is 11.3 Å². The minimum atomic E-state index is -0.0330. The highest BCUT2D eigenvalue weighted by Gasteiger charge is 2.26. The lowest BCUT2D eigenvalue weighted by Gasteiger charge is -2.36. The van der Waals surface area contributed by atoms with Crippen LogP contribution in [0.1, 0.15) is 59.1 Å². The summed E-state index contributed by atoms with van der Waals surface area (Å²) in [6.07, 6.45) is 5.69. The Hall–Kier alpha value is -1.62. The fraction of sp³-hybridized carbons (Fsp3) is 0.700. The lowest BCUT2D eigenvalue weighted by molar-refractivity contribution is 0.151. The van der Waals surface area contributed by atoms with E-state index in [0.717, 1.165) is 25.9 Å². The predicted octanol–water partition coefficient (Wildman–Crippen LogP) is 3.59. The number of rotatable bonds is 6. The van der Waals surface area contributed by atoms with Gasteiger partial charge in [0.15, 0.2) is 0 Å². The number of likely N-dealkylation sites (tertiary alicyclic amines) is 1. The Balaban J connectivity index is 1.74. The number of nitrogens with one attached hydrogen (secondary N) is 2. The van der Waals surface area contributed by atoms with Gasteiger partial charge < -0.3 is 10.6 Å². The Morgan fingerprint density at radius 1 is 1.24 bits per heavy atom. The molecule has 1 saturated heterocycles. The minimum absolute atomic E-state index is 0.0330. The molecule has 5 nitrogen and oxygen atoms in total. The molecule has 1 aliphatic rings. The highest BCUT2D eigenvalue weighted by Crippen LogP contribution is 2.25. The Labute approximate surface area is 152 Å². The average Bonchev–Trinajstić information content (AvgIpc) is 2.61. The van der Waals surface area contributed by atoms with Gasteiger partial charge >= 0.3 is 6.03 Å². The number of carbonyl (C=O) groups excluding carboxylic acids is 1. The van der Waals surface area contributed by atoms with E-state index in [1.165, 1.54) is 5.56 Å². The lowest BCUT2D eigenvalue weighted by Crippen LogP contribution is -2.50. The summed E-state index contributed by atoms with van der Waals surface area (Å²) in [6.45, 7) is 13.7. The van der Waals surface area contributed by atoms with Crippen molar-refractivity contribution in [1.29, 1.82) is 0 Å². The van der Waals surface area contributed by atoms with Crippen molar-refractivity contribution >= 4 is 6.03 Å². The number of pyridine rings is 1. The number of piperidine rings is 1. The molecule has 0 aliphatic carbocycles. The number of carbonyl (C=O) groups is 1. The quantitative estimate of drug-likeness (QED) is 0.827. The van der Waals surface area contributed by atoms with Crippen LogP contribution in [-0.2, 0) is 0 Å². The molecule has 2 amide bonds. The number of aromatic nitrogens is 1. The van der Waals surface area contributed by atoms with Crippen molar-refractivity contribution in [3.05, 3.63) is 30.1 Å². The van der Waals surface area contributed by atoms with Crippen LogP contribution in [0.15, 0.2) is 24.5 Å². The third-order valence-electron chi connectivity index (χ3n) is 5.87. The summed E-state index contributed by atoms with van der Waals surface area (Å²) in [4.78, 5) is 18.7. The average molecular weight is 347 g/mol. The molecule has 1 atom stereocenters. The van der Waals surface area contributed by atoms with E-state index >= 15 is 0 Å². The number of nitrogens with zero attached hydrogens (tertiary/aromatic N) is 2. The van der Waals surface area contributed by atoms with Crippen LogP contribution in [-0.4, -0.2) is 41.6 Å². The summed E-state index contributed by atoms with van der Waals surface area (Å²) in [5, 5.41) is 6.18. The highest BCUT2D eigenvalue weighted by atomic mass is 16.2. The van der Waals surface area contributed by atoms with E-state index < -0.39 is 0 Å². The fourth-order valence-corrected chi connectivity index (χ4v) is 3.03. The van der Waals surface area contributed by atoms with E-state index in [-0.39, 0.29) is 17.5 Å². The van der Waals surface area contributed by atoms with Gasteiger partial charge in [-0.2, -0.15) is 0 Å². The van der Waals surface area contributed by atoms with Gasteiger partial charge in [-0.05, 0) is 48.8 Å². The maximum Gasteiger partial charge on any atom is 0.315 e. The molecule has 0 radical (unpaired) electrons. The topological polar surface area (TPSA) is 57.3 Å². The zero-order valence-electron chi connectivity index (χ0n) is 16.4. The first-order chi connectivity index (χ1) is 11.8. The van der Waals surface area contributed by atoms with Crippen LogP contribution in [0.3, 0.4) is 0 Å². The first-order valence-electron chi connectivity index (χ1n) is 9.48. The van der Waals surface area contributed by atoms with Gasteiger partial charge in [0.2, 0.25) is 0 Å². The van der Waals surface area contributed by atoms with E-state index in [1.807, 2.05) is 12.4 Å². The maximum atomic E-state index is 12.2. The van der Waals surface area contributed by atoms with Gasteiger partial charge in [-0.15, -0.1) is 0 Å². The number of hydrogen-bond acceptors (Lipinski definition) is 3. The first kappa shape index (κ1) is 19.7. The Morgan fingerprint density at radius 2 is 1.84 bits per heavy atom. The molecular formula is C20H34N4O. The van der Waals surface area contributed by atoms with Crippen LogP contribution >= 0.6 is 0 Å². The molecule has 5 heteroatoms. The smallest absolute Gasteiger partial charge is 0.315 e. The van der Waals surface area contributed by atoms with E-state index in [0.29, 0.717) is 18.5 Å². The zero-order valence-corrected chi connectivity index (χ0v) is 16.4. The second kappa shape index (κ2) is 8.65. The van der Waals surface area contributed by atoms with Gasteiger partial charge in [0, 0.05) is 44.1 Å². The third-order valence-corrected chi connectivity index (χ3v) is 5.87. The monoisotopic (exact) mass is 346 g/mol. The molecule has 2 rings (SSSR count). The van der Waals surface area contributed by atoms with E-state index in [2.05, 4.69) is 67.3 Å². The van der Waals surface area contributed by atoms with Crippen molar-refractivity contribution < 1.29 is 4.79 Å². The van der Waals surface area contributed by atoms with Crippen LogP contribution < -0.4 is 10.6 Å². The molecule has 1 aromatic heterocycles. The minimum Gasteiger partial charge on any atom is -0.338 e. The van der Waals surface area contributed by atoms with E-state index in [1.54, 1.807) is 0 Å². The number of amides is 2. The SMILES string of the molecule is CC(c1ccncc1)N1CCC(NC(=O)NCC(C)(C)C(C)C)CC1. The first-order valence-corrected chi connectivity index (χ1v) is 9.48. The van der Waals surface area contributed by atoms with Crippen molar-refractivity contribution in [3.8, 4) is 0 Å². The largest absolute Gasteiger partial charge is 0.338 e. The number of hydrogen-bond donors (Lipinski definition) is 2. The van der Waals surface area contributed by atoms with Crippen LogP contribution in [0.25, 0.3) is 0 Å². The molecule has 1 aliphatic heterocycles. The van der Waals surface area contributed by atoms with Crippen molar-refractivity contribution in [1.82, 2.24) is 20.5 Å². The molecule has 2 N–H and O–H groups in total. The fourth-order valence-electron chi connectivity index (χ4n) is 3.03. The standard InChI is InChI=1S/C20H34N4O/c1-15(2)20(4,5)14-22-19(25)23-18-8-12-24(13-9-18)16(3)17-6-10-21-11-7-17/h6-7,10-11,15-16,18H,8-9,12-14H2,1-5H3,(H2,22,23,25). The summed E-state index contributed by atoms with van der Waals surface area (Å²) < 4.78 is 0. The molecule has 1 aromatic rings. The summed E-state index contributed by atoms with van der Waals surface area (Å²) in [5.74, 6) is 0.533. The van der Waals surface area contributed by atoms with Crippen molar-refractivity contribution in [2.24, 2.45) is 11.3 Å². The Morgan fingerprint density at radius 3 is 2.40 bits per heavy atom. The van der Waals surface area contributed by atoms with Gasteiger partial charge in [0.1, 0.15) is 0 Å². The van der Waals surface area contributed by atoms with Crippen LogP contribution in [0.5, 0.6) is 0 Å². The Kier molecular flexibility index (Phi) is 6.82. The normalized spacial score (nSPS) is 18.2. The van der Waals surface area contributed by atoms with Gasteiger partial charge in [-0.3, -0.25) is 9.88 Å². The summed E-state index contributed by atoms with van der Waals surface area (Å²) >= 11 is 0. The molecule has 0 spiro atoms. The second-order valence-electron chi connectivity index (χ2n) is 8.24. The van der Waals surface area contributed by atoms with Crippen molar-refractivity contribution in [2.45, 2.75) is 59.5 Å². The van der Waals surface area contributed by atoms with Crippen molar-refractivity contribution in [2.75, 3.05) is 19.6 Å². The molecule has 0 saturated carbocycles. The van der Waals surface area contributed by atoms with Gasteiger partial charge in [-0.25, -0.2) is 4.79 Å². The molecule has 25 heavy (non-hydrogen) atoms. The van der Waals surface area contributed by atoms with Gasteiger partial charge in [-0.1, -0.05) is 27.7 Å².